The summed E-state index contributed by atoms with van der Waals surface area (Å²) in [4.78, 5) is 25.5. The van der Waals surface area contributed by atoms with Crippen LogP contribution in [0.2, 0.25) is 0 Å². The summed E-state index contributed by atoms with van der Waals surface area (Å²) in [5, 5.41) is 0. The van der Waals surface area contributed by atoms with Gasteiger partial charge in [0.1, 0.15) is 0 Å². The van der Waals surface area contributed by atoms with E-state index in [1.165, 1.54) is 0 Å². The van der Waals surface area contributed by atoms with Crippen molar-refractivity contribution in [1.29, 1.82) is 0 Å². The molecule has 0 bridgehead atoms. The van der Waals surface area contributed by atoms with Crippen LogP contribution in [0.25, 0.3) is 11.1 Å². The van der Waals surface area contributed by atoms with Gasteiger partial charge in [0.25, 0.3) is 5.91 Å². The Morgan fingerprint density at radius 1 is 0.875 bits per heavy atom. The smallest absolute Gasteiger partial charge is 0.310 e. The minimum absolute atomic E-state index is 0.0970. The van der Waals surface area contributed by atoms with E-state index in [1.54, 1.807) is 4.90 Å². The molecule has 1 aliphatic rings. The van der Waals surface area contributed by atoms with Crippen LogP contribution in [0, 0.1) is 0 Å². The quantitative estimate of drug-likeness (QED) is 0.795. The third-order valence-corrected chi connectivity index (χ3v) is 4.22. The van der Waals surface area contributed by atoms with Crippen molar-refractivity contribution in [2.75, 3.05) is 19.7 Å². The number of benzene rings is 2. The first-order valence-corrected chi connectivity index (χ1v) is 8.30. The van der Waals surface area contributed by atoms with Gasteiger partial charge in [0.15, 0.2) is 6.61 Å². The van der Waals surface area contributed by atoms with E-state index in [-0.39, 0.29) is 24.9 Å². The van der Waals surface area contributed by atoms with Gasteiger partial charge in [0.2, 0.25) is 0 Å². The maximum Gasteiger partial charge on any atom is 0.310 e. The molecular formula is C20H21NO3. The lowest BCUT2D eigenvalue weighted by Gasteiger charge is -2.14. The highest BCUT2D eigenvalue weighted by Gasteiger charge is 2.19. The van der Waals surface area contributed by atoms with Crippen LogP contribution < -0.4 is 0 Å². The summed E-state index contributed by atoms with van der Waals surface area (Å²) in [5.74, 6) is -0.463. The van der Waals surface area contributed by atoms with Crippen molar-refractivity contribution in [3.63, 3.8) is 0 Å². The third-order valence-electron chi connectivity index (χ3n) is 4.22. The number of carbonyl (C=O) groups excluding carboxylic acids is 2. The number of rotatable bonds is 5. The molecule has 0 radical (unpaired) electrons. The van der Waals surface area contributed by atoms with Gasteiger partial charge < -0.3 is 9.64 Å². The van der Waals surface area contributed by atoms with Gasteiger partial charge in [-0.2, -0.15) is 0 Å². The highest BCUT2D eigenvalue weighted by molar-refractivity contribution is 5.81. The minimum atomic E-state index is -0.366. The summed E-state index contributed by atoms with van der Waals surface area (Å²) >= 11 is 0. The molecule has 1 saturated heterocycles. The average molecular weight is 323 g/mol. The molecule has 2 aromatic carbocycles. The Bertz CT molecular complexity index is 689. The Morgan fingerprint density at radius 2 is 1.50 bits per heavy atom. The molecule has 1 amide bonds. The molecule has 124 valence electrons. The predicted octanol–water partition coefficient (Wildman–Crippen LogP) is 3.06. The lowest BCUT2D eigenvalue weighted by Crippen LogP contribution is -2.32. The van der Waals surface area contributed by atoms with Crippen molar-refractivity contribution in [3.05, 3.63) is 60.2 Å². The Balaban J connectivity index is 1.50. The molecular weight excluding hydrogens is 302 g/mol. The van der Waals surface area contributed by atoms with Gasteiger partial charge in [-0.25, -0.2) is 0 Å². The Morgan fingerprint density at radius 3 is 2.17 bits per heavy atom. The second kappa shape index (κ2) is 7.77. The average Bonchev–Trinajstić information content (AvgIpc) is 3.16. The molecule has 0 atom stereocenters. The fourth-order valence-electron chi connectivity index (χ4n) is 2.86. The van der Waals surface area contributed by atoms with Crippen LogP contribution in [0.4, 0.5) is 0 Å². The molecule has 0 aromatic heterocycles. The molecule has 4 heteroatoms. The fraction of sp³-hybridized carbons (Fsp3) is 0.300. The van der Waals surface area contributed by atoms with Crippen LogP contribution in [0.15, 0.2) is 54.6 Å². The monoisotopic (exact) mass is 323 g/mol. The number of hydrogen-bond donors (Lipinski definition) is 0. The molecule has 1 heterocycles. The molecule has 1 aliphatic heterocycles. The van der Waals surface area contributed by atoms with E-state index < -0.39 is 0 Å². The van der Waals surface area contributed by atoms with E-state index in [0.29, 0.717) is 0 Å². The van der Waals surface area contributed by atoms with Crippen LogP contribution in [0.1, 0.15) is 18.4 Å². The van der Waals surface area contributed by atoms with Crippen LogP contribution >= 0.6 is 0 Å². The standard InChI is InChI=1S/C20H21NO3/c22-19(21-12-4-5-13-21)15-24-20(23)14-16-8-10-18(11-9-16)17-6-2-1-3-7-17/h1-3,6-11H,4-5,12-15H2. The number of likely N-dealkylation sites (tertiary alicyclic amines) is 1. The lowest BCUT2D eigenvalue weighted by atomic mass is 10.0. The summed E-state index contributed by atoms with van der Waals surface area (Å²) in [6.45, 7) is 1.40. The van der Waals surface area contributed by atoms with Crippen LogP contribution in [-0.2, 0) is 20.7 Å². The van der Waals surface area contributed by atoms with Gasteiger partial charge in [-0.1, -0.05) is 54.6 Å². The summed E-state index contributed by atoms with van der Waals surface area (Å²) in [5.41, 5.74) is 3.13. The van der Waals surface area contributed by atoms with Gasteiger partial charge in [0.05, 0.1) is 6.42 Å². The van der Waals surface area contributed by atoms with Gasteiger partial charge in [0, 0.05) is 13.1 Å². The van der Waals surface area contributed by atoms with Crippen LogP contribution in [0.3, 0.4) is 0 Å². The maximum absolute atomic E-state index is 11.9. The normalized spacial score (nSPS) is 13.8. The van der Waals surface area contributed by atoms with E-state index in [0.717, 1.165) is 42.6 Å². The molecule has 0 saturated carbocycles. The molecule has 4 nitrogen and oxygen atoms in total. The van der Waals surface area contributed by atoms with E-state index in [2.05, 4.69) is 0 Å². The first kappa shape index (κ1) is 16.2. The molecule has 0 spiro atoms. The highest BCUT2D eigenvalue weighted by Crippen LogP contribution is 2.19. The first-order valence-electron chi connectivity index (χ1n) is 8.30. The lowest BCUT2D eigenvalue weighted by molar-refractivity contribution is -0.151. The maximum atomic E-state index is 11.9. The summed E-state index contributed by atoms with van der Waals surface area (Å²) in [6, 6.07) is 17.9. The minimum Gasteiger partial charge on any atom is -0.455 e. The largest absolute Gasteiger partial charge is 0.455 e. The second-order valence-electron chi connectivity index (χ2n) is 5.99. The third kappa shape index (κ3) is 4.22. The van der Waals surface area contributed by atoms with Crippen molar-refractivity contribution >= 4 is 11.9 Å². The number of ether oxygens (including phenoxy) is 1. The van der Waals surface area contributed by atoms with Gasteiger partial charge in [-0.15, -0.1) is 0 Å². The van der Waals surface area contributed by atoms with Gasteiger partial charge >= 0.3 is 5.97 Å². The zero-order valence-electron chi connectivity index (χ0n) is 13.6. The Labute approximate surface area is 142 Å². The van der Waals surface area contributed by atoms with Crippen molar-refractivity contribution in [3.8, 4) is 11.1 Å². The molecule has 0 aliphatic carbocycles. The summed E-state index contributed by atoms with van der Waals surface area (Å²) < 4.78 is 5.10. The second-order valence-corrected chi connectivity index (χ2v) is 5.99. The number of hydrogen-bond acceptors (Lipinski definition) is 3. The van der Waals surface area contributed by atoms with Crippen molar-refractivity contribution in [2.24, 2.45) is 0 Å². The van der Waals surface area contributed by atoms with Crippen molar-refractivity contribution in [1.82, 2.24) is 4.90 Å². The number of esters is 1. The van der Waals surface area contributed by atoms with Crippen LogP contribution in [0.5, 0.6) is 0 Å². The molecule has 3 rings (SSSR count). The van der Waals surface area contributed by atoms with Crippen molar-refractivity contribution in [2.45, 2.75) is 19.3 Å². The molecule has 1 fully saturated rings. The zero-order valence-corrected chi connectivity index (χ0v) is 13.6. The molecule has 0 unspecified atom stereocenters. The Kier molecular flexibility index (Phi) is 5.26. The fourth-order valence-corrected chi connectivity index (χ4v) is 2.86. The first-order chi connectivity index (χ1) is 11.7. The van der Waals surface area contributed by atoms with Crippen molar-refractivity contribution < 1.29 is 14.3 Å². The number of amides is 1. The van der Waals surface area contributed by atoms with E-state index >= 15 is 0 Å². The Hall–Kier alpha value is -2.62. The van der Waals surface area contributed by atoms with Gasteiger partial charge in [-0.05, 0) is 29.5 Å². The SMILES string of the molecule is O=C(Cc1ccc(-c2ccccc2)cc1)OCC(=O)N1CCCC1. The predicted molar refractivity (Wildman–Crippen MR) is 92.4 cm³/mol. The summed E-state index contributed by atoms with van der Waals surface area (Å²) in [6.07, 6.45) is 2.25. The topological polar surface area (TPSA) is 46.6 Å². The molecule has 24 heavy (non-hydrogen) atoms. The number of carbonyl (C=O) groups is 2. The van der Waals surface area contributed by atoms with Crippen LogP contribution in [-0.4, -0.2) is 36.5 Å². The molecule has 2 aromatic rings. The number of nitrogens with zero attached hydrogens (tertiary/aromatic N) is 1. The summed E-state index contributed by atoms with van der Waals surface area (Å²) in [7, 11) is 0. The zero-order chi connectivity index (χ0) is 16.8. The van der Waals surface area contributed by atoms with Gasteiger partial charge in [-0.3, -0.25) is 9.59 Å². The molecule has 0 N–H and O–H groups in total. The van der Waals surface area contributed by atoms with E-state index in [1.807, 2.05) is 54.6 Å². The van der Waals surface area contributed by atoms with E-state index in [4.69, 9.17) is 4.74 Å². The highest BCUT2D eigenvalue weighted by atomic mass is 16.5. The van der Waals surface area contributed by atoms with E-state index in [9.17, 15) is 9.59 Å².